The molecule has 1 heterocycles. The van der Waals surface area contributed by atoms with Gasteiger partial charge >= 0.3 is 0 Å². The average Bonchev–Trinajstić information content (AvgIpc) is 2.34. The Balaban J connectivity index is 2.32. The summed E-state index contributed by atoms with van der Waals surface area (Å²) in [5, 5.41) is 12.1. The molecule has 0 amide bonds. The zero-order valence-electron chi connectivity index (χ0n) is 8.61. The predicted molar refractivity (Wildman–Crippen MR) is 53.6 cm³/mol. The molecule has 1 aromatic rings. The molecule has 4 nitrogen and oxygen atoms in total. The number of thioether (sulfide) groups is 1. The van der Waals surface area contributed by atoms with E-state index in [0.717, 1.165) is 10.9 Å². The molecule has 0 bridgehead atoms. The van der Waals surface area contributed by atoms with Crippen molar-refractivity contribution < 1.29 is 0 Å². The Labute approximate surface area is 83.1 Å². The van der Waals surface area contributed by atoms with Crippen LogP contribution in [0, 0.1) is 5.41 Å². The van der Waals surface area contributed by atoms with Crippen molar-refractivity contribution in [3.63, 3.8) is 0 Å². The minimum atomic E-state index is 0.388. The molecule has 0 atom stereocenters. The molecule has 0 aliphatic heterocycles. The summed E-state index contributed by atoms with van der Waals surface area (Å²) in [4.78, 5) is 0. The Bertz CT molecular complexity index is 263. The number of aryl methyl sites for hydroxylation is 1. The van der Waals surface area contributed by atoms with Gasteiger partial charge in [-0.15, -0.1) is 5.10 Å². The fraction of sp³-hybridized carbons (Fsp3) is 0.875. The van der Waals surface area contributed by atoms with Crippen molar-refractivity contribution in [2.45, 2.75) is 32.3 Å². The quantitative estimate of drug-likeness (QED) is 0.697. The van der Waals surface area contributed by atoms with Crippen LogP contribution in [0.5, 0.6) is 0 Å². The smallest absolute Gasteiger partial charge is 0.209 e. The predicted octanol–water partition coefficient (Wildman–Crippen LogP) is 1.74. The van der Waals surface area contributed by atoms with Crippen molar-refractivity contribution in [1.82, 2.24) is 20.2 Å². The first-order valence-corrected chi connectivity index (χ1v) is 5.33. The van der Waals surface area contributed by atoms with Gasteiger partial charge < -0.3 is 0 Å². The molecule has 5 heteroatoms. The van der Waals surface area contributed by atoms with Crippen molar-refractivity contribution >= 4 is 11.8 Å². The molecule has 74 valence electrons. The molecular weight excluding hydrogens is 184 g/mol. The topological polar surface area (TPSA) is 43.6 Å². The van der Waals surface area contributed by atoms with Gasteiger partial charge in [-0.2, -0.15) is 0 Å². The van der Waals surface area contributed by atoms with Crippen LogP contribution in [0.15, 0.2) is 5.16 Å². The zero-order valence-corrected chi connectivity index (χ0v) is 9.43. The highest BCUT2D eigenvalue weighted by Gasteiger charge is 2.11. The molecule has 0 aliphatic carbocycles. The fourth-order valence-corrected chi connectivity index (χ4v) is 2.01. The van der Waals surface area contributed by atoms with Crippen LogP contribution >= 0.6 is 11.8 Å². The van der Waals surface area contributed by atoms with Crippen molar-refractivity contribution in [2.75, 3.05) is 5.75 Å². The maximum atomic E-state index is 3.90. The highest BCUT2D eigenvalue weighted by Crippen LogP contribution is 2.23. The SMILES string of the molecule is Cn1nnnc1SCCC(C)(C)C. The summed E-state index contributed by atoms with van der Waals surface area (Å²) in [6.07, 6.45) is 1.17. The molecule has 0 aliphatic rings. The minimum absolute atomic E-state index is 0.388. The third-order valence-electron chi connectivity index (χ3n) is 1.66. The van der Waals surface area contributed by atoms with E-state index in [0.29, 0.717) is 5.41 Å². The molecule has 1 rings (SSSR count). The first-order chi connectivity index (χ1) is 5.99. The number of rotatable bonds is 3. The van der Waals surface area contributed by atoms with Crippen LogP contribution in [-0.4, -0.2) is 26.0 Å². The fourth-order valence-electron chi connectivity index (χ4n) is 0.792. The summed E-state index contributed by atoms with van der Waals surface area (Å²) in [7, 11) is 1.86. The van der Waals surface area contributed by atoms with E-state index < -0.39 is 0 Å². The number of hydrogen-bond acceptors (Lipinski definition) is 4. The van der Waals surface area contributed by atoms with Gasteiger partial charge in [-0.25, -0.2) is 4.68 Å². The van der Waals surface area contributed by atoms with Gasteiger partial charge in [0.15, 0.2) is 0 Å². The Morgan fingerprint density at radius 3 is 2.54 bits per heavy atom. The summed E-state index contributed by atoms with van der Waals surface area (Å²) in [6, 6.07) is 0. The third kappa shape index (κ3) is 3.76. The van der Waals surface area contributed by atoms with E-state index in [9.17, 15) is 0 Å². The van der Waals surface area contributed by atoms with E-state index in [1.807, 2.05) is 7.05 Å². The summed E-state index contributed by atoms with van der Waals surface area (Å²) in [6.45, 7) is 6.72. The number of hydrogen-bond donors (Lipinski definition) is 0. The molecule has 0 spiro atoms. The van der Waals surface area contributed by atoms with Gasteiger partial charge in [-0.05, 0) is 22.3 Å². The first kappa shape index (κ1) is 10.5. The third-order valence-corrected chi connectivity index (χ3v) is 2.68. The highest BCUT2D eigenvalue weighted by atomic mass is 32.2. The van der Waals surface area contributed by atoms with Crippen molar-refractivity contribution in [2.24, 2.45) is 12.5 Å². The Hall–Kier alpha value is -0.580. The normalized spacial score (nSPS) is 12.0. The van der Waals surface area contributed by atoms with Gasteiger partial charge in [-0.3, -0.25) is 0 Å². The van der Waals surface area contributed by atoms with Crippen molar-refractivity contribution in [3.8, 4) is 0 Å². The van der Waals surface area contributed by atoms with Crippen LogP contribution in [0.25, 0.3) is 0 Å². The van der Waals surface area contributed by atoms with Crippen LogP contribution in [-0.2, 0) is 7.05 Å². The van der Waals surface area contributed by atoms with E-state index in [1.165, 1.54) is 6.42 Å². The molecular formula is C8H16N4S. The van der Waals surface area contributed by atoms with Gasteiger partial charge in [0.05, 0.1) is 0 Å². The number of aromatic nitrogens is 4. The van der Waals surface area contributed by atoms with Gasteiger partial charge in [-0.1, -0.05) is 32.5 Å². The van der Waals surface area contributed by atoms with E-state index in [-0.39, 0.29) is 0 Å². The molecule has 0 aromatic carbocycles. The Morgan fingerprint density at radius 2 is 2.08 bits per heavy atom. The maximum absolute atomic E-state index is 3.90. The molecule has 0 radical (unpaired) electrons. The van der Waals surface area contributed by atoms with Crippen molar-refractivity contribution in [1.29, 1.82) is 0 Å². The molecule has 0 N–H and O–H groups in total. The second-order valence-electron chi connectivity index (χ2n) is 4.24. The summed E-state index contributed by atoms with van der Waals surface area (Å²) in [5.41, 5.74) is 0.388. The minimum Gasteiger partial charge on any atom is -0.224 e. The molecule has 0 saturated heterocycles. The van der Waals surface area contributed by atoms with Gasteiger partial charge in [0.2, 0.25) is 5.16 Å². The molecule has 13 heavy (non-hydrogen) atoms. The zero-order chi connectivity index (χ0) is 9.90. The molecule has 1 aromatic heterocycles. The van der Waals surface area contributed by atoms with E-state index in [1.54, 1.807) is 16.4 Å². The maximum Gasteiger partial charge on any atom is 0.209 e. The van der Waals surface area contributed by atoms with Crippen LogP contribution < -0.4 is 0 Å². The molecule has 0 unspecified atom stereocenters. The molecule has 0 saturated carbocycles. The second kappa shape index (κ2) is 4.09. The van der Waals surface area contributed by atoms with E-state index in [2.05, 4.69) is 36.3 Å². The number of tetrazole rings is 1. The lowest BCUT2D eigenvalue weighted by atomic mass is 9.94. The first-order valence-electron chi connectivity index (χ1n) is 4.34. The lowest BCUT2D eigenvalue weighted by Gasteiger charge is -2.16. The molecule has 0 fully saturated rings. The van der Waals surface area contributed by atoms with E-state index in [4.69, 9.17) is 0 Å². The summed E-state index contributed by atoms with van der Waals surface area (Å²) >= 11 is 1.71. The summed E-state index contributed by atoms with van der Waals surface area (Å²) in [5.74, 6) is 1.07. The van der Waals surface area contributed by atoms with Crippen LogP contribution in [0.3, 0.4) is 0 Å². The lowest BCUT2D eigenvalue weighted by molar-refractivity contribution is 0.401. The van der Waals surface area contributed by atoms with Gasteiger partial charge in [0.1, 0.15) is 0 Å². The summed E-state index contributed by atoms with van der Waals surface area (Å²) < 4.78 is 1.70. The van der Waals surface area contributed by atoms with Crippen LogP contribution in [0.4, 0.5) is 0 Å². The monoisotopic (exact) mass is 200 g/mol. The van der Waals surface area contributed by atoms with Gasteiger partial charge in [0, 0.05) is 12.8 Å². The standard InChI is InChI=1S/C8H16N4S/c1-8(2,3)5-6-13-7-9-10-11-12(7)4/h5-6H2,1-4H3. The largest absolute Gasteiger partial charge is 0.224 e. The average molecular weight is 200 g/mol. The van der Waals surface area contributed by atoms with Crippen LogP contribution in [0.2, 0.25) is 0 Å². The lowest BCUT2D eigenvalue weighted by Crippen LogP contribution is -2.06. The Morgan fingerprint density at radius 1 is 1.38 bits per heavy atom. The van der Waals surface area contributed by atoms with E-state index >= 15 is 0 Å². The number of nitrogens with zero attached hydrogens (tertiary/aromatic N) is 4. The Kier molecular flexibility index (Phi) is 3.30. The highest BCUT2D eigenvalue weighted by molar-refractivity contribution is 7.99. The van der Waals surface area contributed by atoms with Crippen LogP contribution in [0.1, 0.15) is 27.2 Å². The van der Waals surface area contributed by atoms with Crippen molar-refractivity contribution in [3.05, 3.63) is 0 Å². The van der Waals surface area contributed by atoms with Gasteiger partial charge in [0.25, 0.3) is 0 Å². The second-order valence-corrected chi connectivity index (χ2v) is 5.31.